The summed E-state index contributed by atoms with van der Waals surface area (Å²) in [7, 11) is 1.66. The van der Waals surface area contributed by atoms with E-state index in [4.69, 9.17) is 26.8 Å². The van der Waals surface area contributed by atoms with Crippen LogP contribution in [-0.4, -0.2) is 52.0 Å². The van der Waals surface area contributed by atoms with E-state index in [-0.39, 0.29) is 11.9 Å². The van der Waals surface area contributed by atoms with Gasteiger partial charge in [-0.1, -0.05) is 0 Å². The average molecular weight is 405 g/mol. The normalized spacial score (nSPS) is 15.5. The lowest BCUT2D eigenvalue weighted by molar-refractivity contribution is -0.149. The van der Waals surface area contributed by atoms with Gasteiger partial charge < -0.3 is 14.0 Å². The molecule has 1 aliphatic heterocycles. The van der Waals surface area contributed by atoms with Gasteiger partial charge in [-0.3, -0.25) is 9.69 Å². The molecule has 8 heteroatoms. The highest BCUT2D eigenvalue weighted by Gasteiger charge is 2.26. The first kappa shape index (κ1) is 20.5. The van der Waals surface area contributed by atoms with Crippen LogP contribution < -0.4 is 4.74 Å². The van der Waals surface area contributed by atoms with Crippen molar-refractivity contribution in [2.24, 2.45) is 5.92 Å². The van der Waals surface area contributed by atoms with Gasteiger partial charge in [-0.2, -0.15) is 5.10 Å². The number of ether oxygens (including phenoxy) is 2. The minimum atomic E-state index is -0.0733. The van der Waals surface area contributed by atoms with E-state index in [0.29, 0.717) is 18.0 Å². The second-order valence-electron chi connectivity index (χ2n) is 6.86. The van der Waals surface area contributed by atoms with Gasteiger partial charge in [0.2, 0.25) is 0 Å². The Morgan fingerprint density at radius 1 is 1.21 bits per heavy atom. The van der Waals surface area contributed by atoms with Crippen molar-refractivity contribution in [2.75, 3.05) is 26.8 Å². The van der Waals surface area contributed by atoms with Crippen LogP contribution in [0.15, 0.2) is 24.3 Å². The van der Waals surface area contributed by atoms with Crippen LogP contribution in [0.4, 0.5) is 0 Å². The molecule has 0 spiro atoms. The maximum absolute atomic E-state index is 11.9. The van der Waals surface area contributed by atoms with Crippen molar-refractivity contribution in [1.29, 1.82) is 0 Å². The fourth-order valence-corrected chi connectivity index (χ4v) is 3.85. The van der Waals surface area contributed by atoms with Gasteiger partial charge in [-0.15, -0.1) is 0 Å². The molecule has 3 rings (SSSR count). The third-order valence-corrected chi connectivity index (χ3v) is 5.56. The molecule has 2 aromatic rings. The maximum Gasteiger partial charge on any atom is 0.309 e. The van der Waals surface area contributed by atoms with Crippen LogP contribution in [0.5, 0.6) is 5.75 Å². The lowest BCUT2D eigenvalue weighted by atomic mass is 9.97. The van der Waals surface area contributed by atoms with E-state index >= 15 is 0 Å². The number of hydrogen-bond acceptors (Lipinski definition) is 6. The van der Waals surface area contributed by atoms with Crippen LogP contribution >= 0.6 is 12.2 Å². The first-order valence-corrected chi connectivity index (χ1v) is 10.2. The molecular formula is C20H28N4O3S. The molecule has 0 radical (unpaired) electrons. The van der Waals surface area contributed by atoms with E-state index < -0.39 is 0 Å². The minimum Gasteiger partial charge on any atom is -0.497 e. The molecule has 0 atom stereocenters. The average Bonchev–Trinajstić information content (AvgIpc) is 3.04. The van der Waals surface area contributed by atoms with Crippen LogP contribution in [-0.2, 0) is 22.7 Å². The number of esters is 1. The Labute approximate surface area is 170 Å². The predicted molar refractivity (Wildman–Crippen MR) is 110 cm³/mol. The monoisotopic (exact) mass is 404 g/mol. The van der Waals surface area contributed by atoms with Crippen molar-refractivity contribution >= 4 is 18.2 Å². The summed E-state index contributed by atoms with van der Waals surface area (Å²) in [6.45, 7) is 7.41. The Bertz CT molecular complexity index is 851. The van der Waals surface area contributed by atoms with Crippen molar-refractivity contribution in [2.45, 2.75) is 39.9 Å². The summed E-state index contributed by atoms with van der Waals surface area (Å²) < 4.78 is 15.0. The topological polar surface area (TPSA) is 61.5 Å². The Morgan fingerprint density at radius 2 is 1.89 bits per heavy atom. The third kappa shape index (κ3) is 4.44. The molecule has 0 aliphatic carbocycles. The summed E-state index contributed by atoms with van der Waals surface area (Å²) in [4.78, 5) is 14.2. The molecular weight excluding hydrogens is 376 g/mol. The van der Waals surface area contributed by atoms with E-state index in [1.165, 1.54) is 0 Å². The molecule has 1 saturated heterocycles. The molecule has 1 fully saturated rings. The number of hydrogen-bond donors (Lipinski definition) is 0. The SMILES string of the molecule is CCOC(=O)C1CCN(Cn2nc(-c3ccc(OC)cc3)n(CC)c2=S)CC1. The van der Waals surface area contributed by atoms with Crippen molar-refractivity contribution in [1.82, 2.24) is 19.2 Å². The van der Waals surface area contributed by atoms with Crippen molar-refractivity contribution < 1.29 is 14.3 Å². The van der Waals surface area contributed by atoms with Crippen LogP contribution in [0.1, 0.15) is 26.7 Å². The largest absolute Gasteiger partial charge is 0.497 e. The van der Waals surface area contributed by atoms with Crippen LogP contribution in [0.3, 0.4) is 0 Å². The third-order valence-electron chi connectivity index (χ3n) is 5.13. The molecule has 0 N–H and O–H groups in total. The molecule has 7 nitrogen and oxygen atoms in total. The molecule has 0 saturated carbocycles. The van der Waals surface area contributed by atoms with Gasteiger partial charge in [0.15, 0.2) is 10.6 Å². The van der Waals surface area contributed by atoms with Crippen LogP contribution in [0.25, 0.3) is 11.4 Å². The van der Waals surface area contributed by atoms with Crippen LogP contribution in [0, 0.1) is 10.7 Å². The highest BCUT2D eigenvalue weighted by atomic mass is 32.1. The summed E-state index contributed by atoms with van der Waals surface area (Å²) in [5, 5.41) is 4.79. The number of methoxy groups -OCH3 is 1. The quantitative estimate of drug-likeness (QED) is 0.521. The van der Waals surface area contributed by atoms with Gasteiger partial charge in [-0.25, -0.2) is 4.68 Å². The van der Waals surface area contributed by atoms with Crippen molar-refractivity contribution in [3.8, 4) is 17.1 Å². The number of piperidine rings is 1. The summed E-state index contributed by atoms with van der Waals surface area (Å²) in [6.07, 6.45) is 1.62. The van der Waals surface area contributed by atoms with Crippen molar-refractivity contribution in [3.63, 3.8) is 0 Å². The number of benzene rings is 1. The standard InChI is InChI=1S/C20H28N4O3S/c1-4-23-18(15-6-8-17(26-3)9-7-15)21-24(20(23)28)14-22-12-10-16(11-13-22)19(25)27-5-2/h6-9,16H,4-5,10-14H2,1-3H3. The van der Waals surface area contributed by atoms with Crippen molar-refractivity contribution in [3.05, 3.63) is 29.0 Å². The predicted octanol–water partition coefficient (Wildman–Crippen LogP) is 3.34. The second-order valence-corrected chi connectivity index (χ2v) is 7.23. The smallest absolute Gasteiger partial charge is 0.309 e. The lowest BCUT2D eigenvalue weighted by Crippen LogP contribution is -2.38. The molecule has 1 aromatic carbocycles. The zero-order valence-corrected chi connectivity index (χ0v) is 17.6. The molecule has 28 heavy (non-hydrogen) atoms. The number of nitrogens with zero attached hydrogens (tertiary/aromatic N) is 4. The summed E-state index contributed by atoms with van der Waals surface area (Å²) in [5.74, 6) is 1.61. The number of carbonyl (C=O) groups excluding carboxylic acids is 1. The molecule has 1 aromatic heterocycles. The minimum absolute atomic E-state index is 0.00670. The van der Waals surface area contributed by atoms with Gasteiger partial charge in [0.05, 0.1) is 26.3 Å². The Morgan fingerprint density at radius 3 is 2.46 bits per heavy atom. The first-order chi connectivity index (χ1) is 13.6. The van der Waals surface area contributed by atoms with E-state index in [9.17, 15) is 4.79 Å². The van der Waals surface area contributed by atoms with Gasteiger partial charge in [0, 0.05) is 25.2 Å². The lowest BCUT2D eigenvalue weighted by Gasteiger charge is -2.30. The van der Waals surface area contributed by atoms with Gasteiger partial charge in [0.1, 0.15) is 5.75 Å². The van der Waals surface area contributed by atoms with Gasteiger partial charge >= 0.3 is 5.97 Å². The van der Waals surface area contributed by atoms with Gasteiger partial charge in [0.25, 0.3) is 0 Å². The fourth-order valence-electron chi connectivity index (χ4n) is 3.53. The number of rotatable bonds is 7. The summed E-state index contributed by atoms with van der Waals surface area (Å²) in [5.41, 5.74) is 1.01. The molecule has 0 unspecified atom stereocenters. The molecule has 2 heterocycles. The van der Waals surface area contributed by atoms with E-state index in [1.807, 2.05) is 40.4 Å². The van der Waals surface area contributed by atoms with E-state index in [0.717, 1.165) is 49.6 Å². The second kappa shape index (κ2) is 9.34. The van der Waals surface area contributed by atoms with E-state index in [1.54, 1.807) is 7.11 Å². The summed E-state index contributed by atoms with van der Waals surface area (Å²) >= 11 is 5.67. The van der Waals surface area contributed by atoms with E-state index in [2.05, 4.69) is 11.8 Å². The Balaban J connectivity index is 1.72. The number of aromatic nitrogens is 3. The first-order valence-electron chi connectivity index (χ1n) is 9.78. The Kier molecular flexibility index (Phi) is 6.85. The van der Waals surface area contributed by atoms with Crippen LogP contribution in [0.2, 0.25) is 0 Å². The fraction of sp³-hybridized carbons (Fsp3) is 0.550. The van der Waals surface area contributed by atoms with Gasteiger partial charge in [-0.05, 0) is 63.2 Å². The molecule has 152 valence electrons. The molecule has 0 bridgehead atoms. The number of likely N-dealkylation sites (tertiary alicyclic amines) is 1. The highest BCUT2D eigenvalue weighted by Crippen LogP contribution is 2.23. The molecule has 0 amide bonds. The highest BCUT2D eigenvalue weighted by molar-refractivity contribution is 7.71. The zero-order chi connectivity index (χ0) is 20.1. The summed E-state index contributed by atoms with van der Waals surface area (Å²) in [6, 6.07) is 7.85. The zero-order valence-electron chi connectivity index (χ0n) is 16.8. The Hall–Kier alpha value is -2.19. The number of carbonyl (C=O) groups is 1. The maximum atomic E-state index is 11.9. The molecule has 1 aliphatic rings.